The van der Waals surface area contributed by atoms with E-state index in [0.29, 0.717) is 18.3 Å². The molecule has 1 amide bonds. The molecule has 3 rings (SSSR count). The first-order valence-corrected chi connectivity index (χ1v) is 8.43. The van der Waals surface area contributed by atoms with Crippen LogP contribution >= 0.6 is 0 Å². The molecule has 0 aromatic carbocycles. The molecule has 1 aromatic heterocycles. The van der Waals surface area contributed by atoms with Gasteiger partial charge in [-0.05, 0) is 56.9 Å². The van der Waals surface area contributed by atoms with E-state index in [1.54, 1.807) is 0 Å². The van der Waals surface area contributed by atoms with Crippen molar-refractivity contribution in [2.24, 2.45) is 23.7 Å². The molecule has 0 saturated heterocycles. The number of nitrogens with one attached hydrogen (secondary N) is 2. The first-order chi connectivity index (χ1) is 10.5. The standard InChI is InChI=1S/C17H27N3O2/c1-9(6-14-10(2)19-20-11(14)3)17(22)18-16-13-5-4-12(7-13)15(16)8-21/h9,12-13,15-16,21H,4-8H2,1-3H3,(H,18,22)(H,19,20). The number of aliphatic hydroxyl groups excluding tert-OH is 1. The quantitative estimate of drug-likeness (QED) is 0.775. The van der Waals surface area contributed by atoms with Crippen LogP contribution in [0.25, 0.3) is 0 Å². The number of carbonyl (C=O) groups excluding carboxylic acids is 1. The minimum atomic E-state index is -0.0755. The van der Waals surface area contributed by atoms with E-state index in [2.05, 4.69) is 15.5 Å². The van der Waals surface area contributed by atoms with Crippen LogP contribution in [0.5, 0.6) is 0 Å². The molecule has 2 aliphatic carbocycles. The largest absolute Gasteiger partial charge is 0.396 e. The molecule has 5 nitrogen and oxygen atoms in total. The molecular formula is C17H27N3O2. The van der Waals surface area contributed by atoms with Crippen LogP contribution in [0.3, 0.4) is 0 Å². The number of aryl methyl sites for hydroxylation is 2. The van der Waals surface area contributed by atoms with Gasteiger partial charge >= 0.3 is 0 Å². The second kappa shape index (κ2) is 6.03. The monoisotopic (exact) mass is 305 g/mol. The first-order valence-electron chi connectivity index (χ1n) is 8.43. The molecule has 0 radical (unpaired) electrons. The van der Waals surface area contributed by atoms with E-state index >= 15 is 0 Å². The number of H-pyrrole nitrogens is 1. The fourth-order valence-electron chi connectivity index (χ4n) is 4.48. The van der Waals surface area contributed by atoms with E-state index in [4.69, 9.17) is 0 Å². The Balaban J connectivity index is 1.62. The molecule has 2 saturated carbocycles. The van der Waals surface area contributed by atoms with E-state index in [9.17, 15) is 9.90 Å². The molecule has 2 bridgehead atoms. The third kappa shape index (κ3) is 2.67. The Labute approximate surface area is 131 Å². The molecule has 22 heavy (non-hydrogen) atoms. The fourth-order valence-corrected chi connectivity index (χ4v) is 4.48. The number of amides is 1. The zero-order chi connectivity index (χ0) is 15.9. The van der Waals surface area contributed by atoms with Crippen molar-refractivity contribution in [3.8, 4) is 0 Å². The highest BCUT2D eigenvalue weighted by molar-refractivity contribution is 5.79. The van der Waals surface area contributed by atoms with Crippen molar-refractivity contribution in [2.45, 2.75) is 52.5 Å². The van der Waals surface area contributed by atoms with Crippen molar-refractivity contribution < 1.29 is 9.90 Å². The van der Waals surface area contributed by atoms with Crippen molar-refractivity contribution in [1.82, 2.24) is 15.5 Å². The molecule has 1 heterocycles. The number of hydrogen-bond acceptors (Lipinski definition) is 3. The number of aromatic amines is 1. The number of carbonyl (C=O) groups is 1. The Morgan fingerprint density at radius 2 is 2.14 bits per heavy atom. The Hall–Kier alpha value is -1.36. The van der Waals surface area contributed by atoms with Crippen molar-refractivity contribution in [2.75, 3.05) is 6.61 Å². The third-order valence-electron chi connectivity index (χ3n) is 5.85. The molecule has 5 heteroatoms. The van der Waals surface area contributed by atoms with E-state index in [0.717, 1.165) is 17.0 Å². The molecule has 5 atom stereocenters. The summed E-state index contributed by atoms with van der Waals surface area (Å²) in [4.78, 5) is 12.6. The number of aliphatic hydroxyl groups is 1. The molecule has 1 aromatic rings. The summed E-state index contributed by atoms with van der Waals surface area (Å²) in [7, 11) is 0. The summed E-state index contributed by atoms with van der Waals surface area (Å²) in [6.07, 6.45) is 4.29. The van der Waals surface area contributed by atoms with Crippen LogP contribution in [0.2, 0.25) is 0 Å². The molecule has 122 valence electrons. The van der Waals surface area contributed by atoms with Gasteiger partial charge in [0.1, 0.15) is 0 Å². The molecule has 5 unspecified atom stereocenters. The van der Waals surface area contributed by atoms with Crippen molar-refractivity contribution in [3.63, 3.8) is 0 Å². The normalized spacial score (nSPS) is 31.5. The maximum Gasteiger partial charge on any atom is 0.223 e. The third-order valence-corrected chi connectivity index (χ3v) is 5.85. The summed E-state index contributed by atoms with van der Waals surface area (Å²) in [6, 6.07) is 0.172. The average molecular weight is 305 g/mol. The van der Waals surface area contributed by atoms with Crippen molar-refractivity contribution in [1.29, 1.82) is 0 Å². The van der Waals surface area contributed by atoms with Gasteiger partial charge in [0.2, 0.25) is 5.91 Å². The Kier molecular flexibility index (Phi) is 4.26. The van der Waals surface area contributed by atoms with E-state index < -0.39 is 0 Å². The lowest BCUT2D eigenvalue weighted by molar-refractivity contribution is -0.126. The number of fused-ring (bicyclic) bond motifs is 2. The zero-order valence-electron chi connectivity index (χ0n) is 13.7. The number of nitrogens with zero attached hydrogens (tertiary/aromatic N) is 1. The van der Waals surface area contributed by atoms with Crippen LogP contribution in [0.4, 0.5) is 0 Å². The van der Waals surface area contributed by atoms with Crippen LogP contribution in [0.1, 0.15) is 43.1 Å². The maximum absolute atomic E-state index is 12.6. The van der Waals surface area contributed by atoms with Gasteiger partial charge in [-0.2, -0.15) is 5.10 Å². The SMILES string of the molecule is Cc1n[nH]c(C)c1CC(C)C(=O)NC1C2CCC(C2)C1CO. The summed E-state index contributed by atoms with van der Waals surface area (Å²) < 4.78 is 0. The molecular weight excluding hydrogens is 278 g/mol. The highest BCUT2D eigenvalue weighted by atomic mass is 16.3. The topological polar surface area (TPSA) is 78.0 Å². The summed E-state index contributed by atoms with van der Waals surface area (Å²) >= 11 is 0. The van der Waals surface area contributed by atoms with Crippen molar-refractivity contribution >= 4 is 5.91 Å². The first kappa shape index (κ1) is 15.5. The number of rotatable bonds is 5. The van der Waals surface area contributed by atoms with Crippen LogP contribution in [-0.4, -0.2) is 33.9 Å². The minimum Gasteiger partial charge on any atom is -0.396 e. The van der Waals surface area contributed by atoms with Crippen LogP contribution in [0.15, 0.2) is 0 Å². The predicted octanol–water partition coefficient (Wildman–Crippen LogP) is 1.73. The van der Waals surface area contributed by atoms with Gasteiger partial charge in [-0.15, -0.1) is 0 Å². The minimum absolute atomic E-state index is 0.0755. The van der Waals surface area contributed by atoms with Gasteiger partial charge in [0.15, 0.2) is 0 Å². The highest BCUT2D eigenvalue weighted by Crippen LogP contribution is 2.48. The molecule has 2 aliphatic rings. The van der Waals surface area contributed by atoms with Gasteiger partial charge < -0.3 is 10.4 Å². The summed E-state index contributed by atoms with van der Waals surface area (Å²) in [6.45, 7) is 6.14. The highest BCUT2D eigenvalue weighted by Gasteiger charge is 2.47. The van der Waals surface area contributed by atoms with Crippen LogP contribution in [0, 0.1) is 37.5 Å². The van der Waals surface area contributed by atoms with Gasteiger partial charge in [0.25, 0.3) is 0 Å². The fraction of sp³-hybridized carbons (Fsp3) is 0.765. The van der Waals surface area contributed by atoms with E-state index in [1.165, 1.54) is 19.3 Å². The summed E-state index contributed by atoms with van der Waals surface area (Å²) in [5, 5.41) is 20.0. The van der Waals surface area contributed by atoms with Gasteiger partial charge in [-0.3, -0.25) is 9.89 Å². The maximum atomic E-state index is 12.6. The van der Waals surface area contributed by atoms with Crippen LogP contribution in [-0.2, 0) is 11.2 Å². The van der Waals surface area contributed by atoms with Crippen LogP contribution < -0.4 is 5.32 Å². The number of aromatic nitrogens is 2. The summed E-state index contributed by atoms with van der Waals surface area (Å²) in [5.74, 6) is 1.46. The predicted molar refractivity (Wildman–Crippen MR) is 84.3 cm³/mol. The van der Waals surface area contributed by atoms with Gasteiger partial charge in [-0.1, -0.05) is 6.92 Å². The van der Waals surface area contributed by atoms with E-state index in [-0.39, 0.29) is 30.4 Å². The lowest BCUT2D eigenvalue weighted by Crippen LogP contribution is -2.47. The molecule has 3 N–H and O–H groups in total. The average Bonchev–Trinajstić information content (AvgIpc) is 3.17. The smallest absolute Gasteiger partial charge is 0.223 e. The lowest BCUT2D eigenvalue weighted by atomic mass is 9.84. The summed E-state index contributed by atoms with van der Waals surface area (Å²) in [5.41, 5.74) is 3.17. The Bertz CT molecular complexity index is 535. The lowest BCUT2D eigenvalue weighted by Gasteiger charge is -2.31. The zero-order valence-corrected chi connectivity index (χ0v) is 13.7. The van der Waals surface area contributed by atoms with Gasteiger partial charge in [0.05, 0.1) is 5.69 Å². The Morgan fingerprint density at radius 1 is 1.41 bits per heavy atom. The molecule has 0 spiro atoms. The molecule has 0 aliphatic heterocycles. The molecule has 2 fully saturated rings. The van der Waals surface area contributed by atoms with E-state index in [1.807, 2.05) is 20.8 Å². The second-order valence-corrected chi connectivity index (χ2v) is 7.23. The second-order valence-electron chi connectivity index (χ2n) is 7.23. The van der Waals surface area contributed by atoms with Crippen molar-refractivity contribution in [3.05, 3.63) is 17.0 Å². The van der Waals surface area contributed by atoms with Gasteiger partial charge in [0, 0.05) is 30.2 Å². The van der Waals surface area contributed by atoms with Gasteiger partial charge in [-0.25, -0.2) is 0 Å². The number of hydrogen-bond donors (Lipinski definition) is 3. The Morgan fingerprint density at radius 3 is 2.77 bits per heavy atom.